The summed E-state index contributed by atoms with van der Waals surface area (Å²) in [5.41, 5.74) is 3.52. The molecule has 0 saturated heterocycles. The summed E-state index contributed by atoms with van der Waals surface area (Å²) in [5, 5.41) is 0. The molecule has 1 aromatic carbocycles. The van der Waals surface area contributed by atoms with Crippen LogP contribution in [0.3, 0.4) is 0 Å². The fourth-order valence-corrected chi connectivity index (χ4v) is 2.67. The molecule has 1 aromatic rings. The molecule has 1 atom stereocenters. The number of carbonyl (C=O) groups is 1. The molecule has 0 bridgehead atoms. The van der Waals surface area contributed by atoms with Crippen molar-refractivity contribution in [2.24, 2.45) is 11.3 Å². The predicted octanol–water partition coefficient (Wildman–Crippen LogP) is 4.81. The van der Waals surface area contributed by atoms with E-state index in [0.29, 0.717) is 0 Å². The summed E-state index contributed by atoms with van der Waals surface area (Å²) in [5.74, 6) is 0.188. The first-order valence-electron chi connectivity index (χ1n) is 6.90. The van der Waals surface area contributed by atoms with E-state index in [4.69, 9.17) is 0 Å². The highest BCUT2D eigenvalue weighted by molar-refractivity contribution is 5.99. The van der Waals surface area contributed by atoms with Gasteiger partial charge in [-0.3, -0.25) is 4.79 Å². The first-order valence-corrected chi connectivity index (χ1v) is 6.90. The van der Waals surface area contributed by atoms with Crippen molar-refractivity contribution in [3.8, 4) is 0 Å². The first kappa shape index (κ1) is 13.8. The van der Waals surface area contributed by atoms with Gasteiger partial charge in [0.2, 0.25) is 0 Å². The van der Waals surface area contributed by atoms with Gasteiger partial charge in [0.1, 0.15) is 0 Å². The van der Waals surface area contributed by atoms with Crippen LogP contribution in [0.1, 0.15) is 44.5 Å². The lowest BCUT2D eigenvalue weighted by molar-refractivity contribution is 0.0946. The number of rotatable bonds is 3. The maximum absolute atomic E-state index is 12.5. The Hall–Kier alpha value is -1.63. The van der Waals surface area contributed by atoms with E-state index in [0.717, 1.165) is 12.0 Å². The number of allylic oxidation sites excluding steroid dienone is 4. The van der Waals surface area contributed by atoms with Crippen molar-refractivity contribution in [1.29, 1.82) is 0 Å². The number of benzene rings is 1. The summed E-state index contributed by atoms with van der Waals surface area (Å²) in [6.07, 6.45) is 5.27. The Balaban J connectivity index is 2.30. The third-order valence-corrected chi connectivity index (χ3v) is 3.75. The van der Waals surface area contributed by atoms with Crippen LogP contribution < -0.4 is 0 Å². The van der Waals surface area contributed by atoms with Gasteiger partial charge < -0.3 is 0 Å². The van der Waals surface area contributed by atoms with E-state index in [9.17, 15) is 4.79 Å². The lowest BCUT2D eigenvalue weighted by Gasteiger charge is -2.24. The maximum Gasteiger partial charge on any atom is 0.169 e. The Labute approximate surface area is 116 Å². The molecular formula is C18H22O. The second-order valence-electron chi connectivity index (χ2n) is 6.25. The highest BCUT2D eigenvalue weighted by Gasteiger charge is 2.28. The maximum atomic E-state index is 12.5. The minimum absolute atomic E-state index is 0.0355. The largest absolute Gasteiger partial charge is 0.294 e. The minimum Gasteiger partial charge on any atom is -0.294 e. The summed E-state index contributed by atoms with van der Waals surface area (Å²) in [6, 6.07) is 9.59. The summed E-state index contributed by atoms with van der Waals surface area (Å²) >= 11 is 0. The average Bonchev–Trinajstić information content (AvgIpc) is 2.87. The van der Waals surface area contributed by atoms with Crippen LogP contribution in [-0.4, -0.2) is 5.78 Å². The van der Waals surface area contributed by atoms with E-state index in [-0.39, 0.29) is 17.1 Å². The Bertz CT molecular complexity index is 527. The van der Waals surface area contributed by atoms with Crippen molar-refractivity contribution >= 4 is 5.78 Å². The average molecular weight is 254 g/mol. The quantitative estimate of drug-likeness (QED) is 0.707. The molecule has 0 aromatic heterocycles. The van der Waals surface area contributed by atoms with Crippen molar-refractivity contribution < 1.29 is 4.79 Å². The van der Waals surface area contributed by atoms with Gasteiger partial charge in [0.15, 0.2) is 5.78 Å². The summed E-state index contributed by atoms with van der Waals surface area (Å²) in [6.45, 7) is 8.65. The molecule has 1 aliphatic rings. The van der Waals surface area contributed by atoms with Gasteiger partial charge in [-0.1, -0.05) is 75.8 Å². The van der Waals surface area contributed by atoms with Gasteiger partial charge in [0.25, 0.3) is 0 Å². The Morgan fingerprint density at radius 1 is 1.16 bits per heavy atom. The molecular weight excluding hydrogens is 232 g/mol. The Kier molecular flexibility index (Phi) is 3.75. The van der Waals surface area contributed by atoms with Crippen molar-refractivity contribution in [1.82, 2.24) is 0 Å². The predicted molar refractivity (Wildman–Crippen MR) is 80.2 cm³/mol. The van der Waals surface area contributed by atoms with E-state index >= 15 is 0 Å². The molecule has 1 nitrogen and oxygen atoms in total. The van der Waals surface area contributed by atoms with E-state index in [1.54, 1.807) is 0 Å². The third-order valence-electron chi connectivity index (χ3n) is 3.75. The molecule has 2 rings (SSSR count). The van der Waals surface area contributed by atoms with Gasteiger partial charge in [-0.25, -0.2) is 0 Å². The second kappa shape index (κ2) is 5.16. The molecule has 0 aliphatic heterocycles. The standard InChI is InChI=1S/C18H22O/c1-13(17(19)14-9-6-5-7-10-14)15-11-8-12-16(15)18(2,3)4/h5-10,12-13H,11H2,1-4H3. The van der Waals surface area contributed by atoms with Crippen LogP contribution in [0.15, 0.2) is 53.6 Å². The SMILES string of the molecule is CC(C(=O)c1ccccc1)C1=C(C(C)(C)C)C=CC1. The lowest BCUT2D eigenvalue weighted by atomic mass is 9.80. The van der Waals surface area contributed by atoms with Crippen LogP contribution >= 0.6 is 0 Å². The molecule has 1 heteroatoms. The van der Waals surface area contributed by atoms with Crippen LogP contribution in [0.4, 0.5) is 0 Å². The Morgan fingerprint density at radius 3 is 2.37 bits per heavy atom. The van der Waals surface area contributed by atoms with Crippen molar-refractivity contribution in [3.05, 3.63) is 59.2 Å². The smallest absolute Gasteiger partial charge is 0.169 e. The summed E-state index contributed by atoms with van der Waals surface area (Å²) in [4.78, 5) is 12.5. The molecule has 0 amide bonds. The van der Waals surface area contributed by atoms with E-state index in [1.807, 2.05) is 37.3 Å². The molecule has 0 saturated carbocycles. The van der Waals surface area contributed by atoms with Crippen LogP contribution in [0, 0.1) is 11.3 Å². The van der Waals surface area contributed by atoms with Crippen molar-refractivity contribution in [3.63, 3.8) is 0 Å². The third kappa shape index (κ3) is 2.86. The first-order chi connectivity index (χ1) is 8.91. The van der Waals surface area contributed by atoms with Gasteiger partial charge in [-0.05, 0) is 17.4 Å². The van der Waals surface area contributed by atoms with Crippen LogP contribution in [0.25, 0.3) is 0 Å². The van der Waals surface area contributed by atoms with Crippen LogP contribution in [0.2, 0.25) is 0 Å². The van der Waals surface area contributed by atoms with Crippen LogP contribution in [-0.2, 0) is 0 Å². The molecule has 100 valence electrons. The number of ketones is 1. The fraction of sp³-hybridized carbons (Fsp3) is 0.389. The van der Waals surface area contributed by atoms with Gasteiger partial charge in [-0.15, -0.1) is 0 Å². The van der Waals surface area contributed by atoms with E-state index in [2.05, 4.69) is 32.9 Å². The molecule has 1 unspecified atom stereocenters. The van der Waals surface area contributed by atoms with Gasteiger partial charge in [0.05, 0.1) is 0 Å². The summed E-state index contributed by atoms with van der Waals surface area (Å²) < 4.78 is 0. The van der Waals surface area contributed by atoms with Crippen molar-refractivity contribution in [2.75, 3.05) is 0 Å². The molecule has 0 N–H and O–H groups in total. The number of hydrogen-bond donors (Lipinski definition) is 0. The van der Waals surface area contributed by atoms with Gasteiger partial charge in [0, 0.05) is 11.5 Å². The minimum atomic E-state index is -0.0355. The number of Topliss-reactive ketones (excluding diaryl/α,β-unsaturated/α-hetero) is 1. The normalized spacial score (nSPS) is 16.8. The number of hydrogen-bond acceptors (Lipinski definition) is 1. The van der Waals surface area contributed by atoms with E-state index in [1.165, 1.54) is 11.1 Å². The zero-order valence-electron chi connectivity index (χ0n) is 12.2. The lowest BCUT2D eigenvalue weighted by Crippen LogP contribution is -2.18. The number of carbonyl (C=O) groups excluding carboxylic acids is 1. The highest BCUT2D eigenvalue weighted by atomic mass is 16.1. The summed E-state index contributed by atoms with van der Waals surface area (Å²) in [7, 11) is 0. The topological polar surface area (TPSA) is 17.1 Å². The molecule has 0 spiro atoms. The molecule has 0 heterocycles. The Morgan fingerprint density at radius 2 is 1.79 bits per heavy atom. The monoisotopic (exact) mass is 254 g/mol. The fourth-order valence-electron chi connectivity index (χ4n) is 2.67. The zero-order valence-corrected chi connectivity index (χ0v) is 12.2. The molecule has 19 heavy (non-hydrogen) atoms. The highest BCUT2D eigenvalue weighted by Crippen LogP contribution is 2.38. The molecule has 0 radical (unpaired) electrons. The molecule has 0 fully saturated rings. The second-order valence-corrected chi connectivity index (χ2v) is 6.25. The van der Waals surface area contributed by atoms with Gasteiger partial charge in [-0.2, -0.15) is 0 Å². The van der Waals surface area contributed by atoms with Crippen molar-refractivity contribution in [2.45, 2.75) is 34.1 Å². The van der Waals surface area contributed by atoms with Gasteiger partial charge >= 0.3 is 0 Å². The zero-order chi connectivity index (χ0) is 14.0. The molecule has 1 aliphatic carbocycles. The van der Waals surface area contributed by atoms with Crippen LogP contribution in [0.5, 0.6) is 0 Å². The van der Waals surface area contributed by atoms with E-state index < -0.39 is 0 Å².